The first-order valence-corrected chi connectivity index (χ1v) is 26.6. The fourth-order valence-electron chi connectivity index (χ4n) is 8.81. The first-order chi connectivity index (χ1) is 32.6. The molecule has 3 unspecified atom stereocenters. The van der Waals surface area contributed by atoms with Crippen LogP contribution in [0.15, 0.2) is 23.3 Å². The van der Waals surface area contributed by atoms with Crippen LogP contribution in [0.3, 0.4) is 0 Å². The molecule has 8 atom stereocenters. The molecule has 0 radical (unpaired) electrons. The van der Waals surface area contributed by atoms with E-state index in [4.69, 9.17) is 20.3 Å². The number of likely N-dealkylation sites (tertiary alicyclic amines) is 2. The Labute approximate surface area is 444 Å². The summed E-state index contributed by atoms with van der Waals surface area (Å²) in [6.45, 7) is 42.2. The number of aliphatic carboxylic acids is 1. The molecule has 3 amide bonds. The van der Waals surface area contributed by atoms with Crippen molar-refractivity contribution in [2.45, 2.75) is 225 Å². The van der Waals surface area contributed by atoms with E-state index in [9.17, 15) is 28.8 Å². The Kier molecular flexibility index (Phi) is 32.0. The number of nitrogens with two attached hydrogens (primary N) is 1. The number of carboxylic acid groups (broad SMARTS) is 1. The molecule has 0 aromatic rings. The fraction of sp³-hybridized carbons (Fsp3) is 0.821. The molecule has 2 aliphatic rings. The van der Waals surface area contributed by atoms with Gasteiger partial charge in [0.05, 0.1) is 37.4 Å². The molecule has 2 aliphatic heterocycles. The molecule has 420 valence electrons. The van der Waals surface area contributed by atoms with Gasteiger partial charge in [0, 0.05) is 37.3 Å². The number of halogens is 1. The van der Waals surface area contributed by atoms with Gasteiger partial charge in [0.25, 0.3) is 0 Å². The van der Waals surface area contributed by atoms with Gasteiger partial charge in [-0.2, -0.15) is 0 Å². The van der Waals surface area contributed by atoms with Crippen molar-refractivity contribution in [1.29, 1.82) is 0 Å². The number of rotatable bonds is 19. The van der Waals surface area contributed by atoms with Gasteiger partial charge >= 0.3 is 17.9 Å². The predicted octanol–water partition coefficient (Wildman–Crippen LogP) is 9.15. The molecular formula is C56H105ClN6O9. The average Bonchev–Trinajstić information content (AvgIpc) is 3.29. The van der Waals surface area contributed by atoms with Crippen molar-refractivity contribution in [1.82, 2.24) is 24.9 Å². The molecule has 0 aromatic carbocycles. The minimum atomic E-state index is -0.685. The van der Waals surface area contributed by atoms with Crippen molar-refractivity contribution < 1.29 is 43.3 Å². The van der Waals surface area contributed by atoms with E-state index in [1.54, 1.807) is 63.7 Å². The maximum atomic E-state index is 13.8. The van der Waals surface area contributed by atoms with Crippen molar-refractivity contribution in [3.05, 3.63) is 23.3 Å². The Bertz CT molecular complexity index is 1750. The molecule has 2 rings (SSSR count). The summed E-state index contributed by atoms with van der Waals surface area (Å²) in [6.07, 6.45) is 9.50. The summed E-state index contributed by atoms with van der Waals surface area (Å²) in [4.78, 5) is 82.7. The van der Waals surface area contributed by atoms with Crippen LogP contribution in [0.25, 0.3) is 0 Å². The number of carbonyl (C=O) groups excluding carboxylic acids is 5. The van der Waals surface area contributed by atoms with E-state index in [0.717, 1.165) is 51.6 Å². The van der Waals surface area contributed by atoms with Gasteiger partial charge in [0.2, 0.25) is 17.7 Å². The van der Waals surface area contributed by atoms with Crippen molar-refractivity contribution in [2.75, 3.05) is 40.4 Å². The van der Waals surface area contributed by atoms with E-state index in [-0.39, 0.29) is 83.5 Å². The number of piperidine rings is 2. The van der Waals surface area contributed by atoms with Gasteiger partial charge in [-0.1, -0.05) is 122 Å². The molecule has 16 heteroatoms. The molecule has 4 N–H and O–H groups in total. The second-order valence-corrected chi connectivity index (χ2v) is 23.5. The number of esters is 2. The second kappa shape index (κ2) is 32.7. The number of amides is 3. The molecule has 0 saturated carbocycles. The third kappa shape index (κ3) is 22.5. The Morgan fingerprint density at radius 2 is 0.986 bits per heavy atom. The van der Waals surface area contributed by atoms with Gasteiger partial charge in [0.1, 0.15) is 12.1 Å². The zero-order valence-corrected chi connectivity index (χ0v) is 50.0. The number of hydrogen-bond donors (Lipinski definition) is 3. The summed E-state index contributed by atoms with van der Waals surface area (Å²) in [5.74, 6) is -0.543. The van der Waals surface area contributed by atoms with Gasteiger partial charge in [-0.15, -0.1) is 12.4 Å². The van der Waals surface area contributed by atoms with Crippen molar-refractivity contribution >= 4 is 48.0 Å². The Morgan fingerprint density at radius 3 is 1.31 bits per heavy atom. The van der Waals surface area contributed by atoms with Crippen LogP contribution in [0.1, 0.15) is 177 Å². The minimum absolute atomic E-state index is 0. The van der Waals surface area contributed by atoms with E-state index in [1.807, 2.05) is 69.2 Å². The summed E-state index contributed by atoms with van der Waals surface area (Å²) in [7, 11) is 3.48. The summed E-state index contributed by atoms with van der Waals surface area (Å²) >= 11 is 0. The van der Waals surface area contributed by atoms with E-state index in [1.165, 1.54) is 0 Å². The highest BCUT2D eigenvalue weighted by molar-refractivity contribution is 5.91. The van der Waals surface area contributed by atoms with Gasteiger partial charge in [-0.25, -0.2) is 9.59 Å². The van der Waals surface area contributed by atoms with E-state index < -0.39 is 23.5 Å². The maximum absolute atomic E-state index is 13.8. The molecule has 72 heavy (non-hydrogen) atoms. The van der Waals surface area contributed by atoms with Crippen LogP contribution in [-0.2, 0) is 38.2 Å². The Morgan fingerprint density at radius 1 is 0.625 bits per heavy atom. The van der Waals surface area contributed by atoms with Crippen LogP contribution in [0, 0.1) is 34.5 Å². The lowest BCUT2D eigenvalue weighted by molar-refractivity contribution is -0.146. The molecule has 0 aromatic heterocycles. The first kappa shape index (κ1) is 70.5. The molecule has 2 saturated heterocycles. The minimum Gasteiger partial charge on any atom is -0.480 e. The van der Waals surface area contributed by atoms with Crippen LogP contribution < -0.4 is 11.1 Å². The van der Waals surface area contributed by atoms with E-state index in [2.05, 4.69) is 56.7 Å². The predicted molar refractivity (Wildman–Crippen MR) is 295 cm³/mol. The lowest BCUT2D eigenvalue weighted by Gasteiger charge is -2.42. The van der Waals surface area contributed by atoms with Crippen molar-refractivity contribution in [3.63, 3.8) is 0 Å². The molecular weight excluding hydrogens is 936 g/mol. The lowest BCUT2D eigenvalue weighted by Crippen LogP contribution is -2.61. The largest absolute Gasteiger partial charge is 0.480 e. The quantitative estimate of drug-likeness (QED) is 0.0823. The lowest BCUT2D eigenvalue weighted by atomic mass is 9.84. The highest BCUT2D eigenvalue weighted by Gasteiger charge is 2.41. The van der Waals surface area contributed by atoms with Crippen LogP contribution >= 0.6 is 12.4 Å². The number of hydrogen-bond acceptors (Lipinski definition) is 11. The second-order valence-electron chi connectivity index (χ2n) is 23.5. The standard InChI is InChI=1S/C28H51N3O4.C17H32N2O3.C11H21NO2.ClH/c1-12-35-27(34)20(6)17-23(19(4)5)30(11)26(33)24(28(8,9)10)29-25(32)22-15-13-14-16-31(22)21(7)18(2)3;1-9-22-16(21)12(4)10-13(11(2)3)19(8)15(20)14(18)17(5,6)7;1-8(2)9(3)12-7-5-4-6-10(12)11(13)14;/h17-19,21-24H,12-16H2,1-11H3,(H,29,32);10-11,13-14H,9,18H2,1-8H3;8-10H,4-7H2,1-3H3,(H,13,14);1H/b20-17+;12-10+;;/t21?,22-,23-,24-;13-,14?;9?,10-;/m111./s1. The SMILES string of the molecule is CC(C)C(C)N1CCCC[C@@H]1C(=O)O.CCOC(=O)/C(C)=C/[C@H](C(C)C)N(C)C(=O)C(N)C(C)(C)C.CCOC(=O)/C(C)=C/[C@H](C(C)C)N(C)C(=O)[C@@H](NC(=O)[C@H]1CCCCN1C(C)C(C)C)C(C)(C)C.Cl. The summed E-state index contributed by atoms with van der Waals surface area (Å²) < 4.78 is 10.1. The smallest absolute Gasteiger partial charge is 0.333 e. The maximum Gasteiger partial charge on any atom is 0.333 e. The van der Waals surface area contributed by atoms with Gasteiger partial charge in [-0.05, 0) is 115 Å². The summed E-state index contributed by atoms with van der Waals surface area (Å²) in [6, 6.07) is -1.59. The number of ether oxygens (including phenoxy) is 2. The number of likely N-dealkylation sites (N-methyl/N-ethyl adjacent to an activating group) is 2. The molecule has 0 aliphatic carbocycles. The first-order valence-electron chi connectivity index (χ1n) is 26.6. The monoisotopic (exact) mass is 1040 g/mol. The normalized spacial score (nSPS) is 19.8. The van der Waals surface area contributed by atoms with Crippen LogP contribution in [0.2, 0.25) is 0 Å². The van der Waals surface area contributed by atoms with E-state index >= 15 is 0 Å². The van der Waals surface area contributed by atoms with Crippen LogP contribution in [0.4, 0.5) is 0 Å². The number of carbonyl (C=O) groups is 6. The van der Waals surface area contributed by atoms with Gasteiger partial charge < -0.3 is 35.4 Å². The van der Waals surface area contributed by atoms with Crippen molar-refractivity contribution in [2.24, 2.45) is 40.2 Å². The highest BCUT2D eigenvalue weighted by atomic mass is 35.5. The summed E-state index contributed by atoms with van der Waals surface area (Å²) in [5, 5.41) is 12.2. The highest BCUT2D eigenvalue weighted by Crippen LogP contribution is 2.28. The number of nitrogens with zero attached hydrogens (tertiary/aromatic N) is 4. The average molecular weight is 1040 g/mol. The third-order valence-electron chi connectivity index (χ3n) is 14.2. The molecule has 15 nitrogen and oxygen atoms in total. The van der Waals surface area contributed by atoms with E-state index in [0.29, 0.717) is 48.3 Å². The van der Waals surface area contributed by atoms with Crippen LogP contribution in [0.5, 0.6) is 0 Å². The number of nitrogens with one attached hydrogen (secondary N) is 1. The molecule has 0 spiro atoms. The van der Waals surface area contributed by atoms with Gasteiger partial charge in [-0.3, -0.25) is 29.0 Å². The zero-order chi connectivity index (χ0) is 55.5. The third-order valence-corrected chi connectivity index (χ3v) is 14.2. The Balaban J connectivity index is 0. The van der Waals surface area contributed by atoms with Gasteiger partial charge in [0.15, 0.2) is 0 Å². The fourth-order valence-corrected chi connectivity index (χ4v) is 8.81. The van der Waals surface area contributed by atoms with Crippen LogP contribution in [-0.4, -0.2) is 149 Å². The zero-order valence-electron chi connectivity index (χ0n) is 49.1. The topological polar surface area (TPSA) is 192 Å². The molecule has 2 fully saturated rings. The molecule has 2 heterocycles. The van der Waals surface area contributed by atoms with Crippen molar-refractivity contribution in [3.8, 4) is 0 Å². The number of carboxylic acids is 1. The summed E-state index contributed by atoms with van der Waals surface area (Å²) in [5.41, 5.74) is 6.25. The molecule has 0 bridgehead atoms. The Hall–Kier alpha value is -3.53.